The van der Waals surface area contributed by atoms with Crippen molar-refractivity contribution in [2.24, 2.45) is 5.92 Å². The Morgan fingerprint density at radius 3 is 2.93 bits per heavy atom. The van der Waals surface area contributed by atoms with Gasteiger partial charge in [0.15, 0.2) is 0 Å². The van der Waals surface area contributed by atoms with E-state index in [1.165, 1.54) is 18.4 Å². The van der Waals surface area contributed by atoms with E-state index in [1.807, 2.05) is 12.1 Å². The van der Waals surface area contributed by atoms with Crippen molar-refractivity contribution in [1.29, 1.82) is 0 Å². The molecule has 0 radical (unpaired) electrons. The Morgan fingerprint density at radius 2 is 2.21 bits per heavy atom. The lowest BCUT2D eigenvalue weighted by atomic mass is 9.94. The molecular weight excluding hydrogens is 196 g/mol. The van der Waals surface area contributed by atoms with Gasteiger partial charge in [0.05, 0.1) is 0 Å². The summed E-state index contributed by atoms with van der Waals surface area (Å²) in [6.07, 6.45) is 3.68. The number of fused-ring (bicyclic) bond motifs is 1. The van der Waals surface area contributed by atoms with Crippen molar-refractivity contribution in [3.05, 3.63) is 28.8 Å². The van der Waals surface area contributed by atoms with Crippen LogP contribution in [-0.4, -0.2) is 5.60 Å². The topological polar surface area (TPSA) is 9.23 Å². The van der Waals surface area contributed by atoms with Crippen LogP contribution in [0.4, 0.5) is 0 Å². The molecule has 2 aliphatic rings. The van der Waals surface area contributed by atoms with Gasteiger partial charge in [0.25, 0.3) is 0 Å². The number of rotatable bonds is 1. The third-order valence-corrected chi connectivity index (χ3v) is 3.59. The van der Waals surface area contributed by atoms with Crippen molar-refractivity contribution in [3.8, 4) is 5.75 Å². The fourth-order valence-corrected chi connectivity index (χ4v) is 2.52. The van der Waals surface area contributed by atoms with Gasteiger partial charge in [-0.05, 0) is 43.4 Å². The molecule has 14 heavy (non-hydrogen) atoms. The summed E-state index contributed by atoms with van der Waals surface area (Å²) in [4.78, 5) is 0. The summed E-state index contributed by atoms with van der Waals surface area (Å²) in [7, 11) is 0. The van der Waals surface area contributed by atoms with Gasteiger partial charge in [-0.2, -0.15) is 0 Å². The largest absolute Gasteiger partial charge is 0.487 e. The van der Waals surface area contributed by atoms with Crippen LogP contribution in [0.5, 0.6) is 5.75 Å². The molecule has 1 aliphatic heterocycles. The lowest BCUT2D eigenvalue weighted by Gasteiger charge is -2.23. The van der Waals surface area contributed by atoms with Crippen molar-refractivity contribution in [3.63, 3.8) is 0 Å². The molecule has 0 bridgehead atoms. The first-order valence-corrected chi connectivity index (χ1v) is 5.53. The Balaban J connectivity index is 1.96. The molecule has 0 N–H and O–H groups in total. The maximum absolute atomic E-state index is 6.01. The van der Waals surface area contributed by atoms with Gasteiger partial charge >= 0.3 is 0 Å². The average molecular weight is 209 g/mol. The maximum Gasteiger partial charge on any atom is 0.124 e. The monoisotopic (exact) mass is 208 g/mol. The summed E-state index contributed by atoms with van der Waals surface area (Å²) in [5.74, 6) is 1.75. The van der Waals surface area contributed by atoms with Gasteiger partial charge in [0.2, 0.25) is 0 Å². The number of halogens is 1. The maximum atomic E-state index is 6.01. The lowest BCUT2D eigenvalue weighted by molar-refractivity contribution is 0.0909. The highest BCUT2D eigenvalue weighted by molar-refractivity contribution is 6.30. The Bertz CT molecular complexity index is 384. The molecule has 1 nitrogen and oxygen atoms in total. The van der Waals surface area contributed by atoms with Crippen LogP contribution >= 0.6 is 11.6 Å². The molecule has 1 saturated carbocycles. The summed E-state index contributed by atoms with van der Waals surface area (Å²) in [6.45, 7) is 2.22. The molecule has 0 amide bonds. The Kier molecular flexibility index (Phi) is 1.64. The highest BCUT2D eigenvalue weighted by Crippen LogP contribution is 2.49. The average Bonchev–Trinajstić information content (AvgIpc) is 2.90. The van der Waals surface area contributed by atoms with Crippen molar-refractivity contribution in [2.75, 3.05) is 0 Å². The molecule has 0 saturated heterocycles. The van der Waals surface area contributed by atoms with Crippen LogP contribution in [-0.2, 0) is 6.42 Å². The molecule has 1 aromatic carbocycles. The minimum atomic E-state index is 0.0486. The first kappa shape index (κ1) is 8.60. The Hall–Kier alpha value is -0.690. The zero-order valence-electron chi connectivity index (χ0n) is 8.22. The zero-order valence-corrected chi connectivity index (χ0v) is 8.97. The quantitative estimate of drug-likeness (QED) is 0.687. The second kappa shape index (κ2) is 2.66. The van der Waals surface area contributed by atoms with E-state index in [9.17, 15) is 0 Å². The standard InChI is InChI=1S/C12H13ClO/c1-12(9-3-4-9)7-8-2-5-10(13)6-11(8)14-12/h2,5-6,9H,3-4,7H2,1H3. The van der Waals surface area contributed by atoms with Gasteiger partial charge in [-0.1, -0.05) is 17.7 Å². The van der Waals surface area contributed by atoms with Crippen LogP contribution in [0, 0.1) is 5.92 Å². The Labute approximate surface area is 89.0 Å². The molecule has 3 rings (SSSR count). The van der Waals surface area contributed by atoms with E-state index in [2.05, 4.69) is 13.0 Å². The third-order valence-electron chi connectivity index (χ3n) is 3.35. The van der Waals surface area contributed by atoms with Crippen LogP contribution < -0.4 is 4.74 Å². The fourth-order valence-electron chi connectivity index (χ4n) is 2.36. The van der Waals surface area contributed by atoms with E-state index < -0.39 is 0 Å². The molecule has 0 spiro atoms. The van der Waals surface area contributed by atoms with E-state index >= 15 is 0 Å². The van der Waals surface area contributed by atoms with E-state index in [0.717, 1.165) is 23.1 Å². The van der Waals surface area contributed by atoms with Gasteiger partial charge in [-0.25, -0.2) is 0 Å². The first-order chi connectivity index (χ1) is 6.67. The number of hydrogen-bond acceptors (Lipinski definition) is 1. The second-order valence-corrected chi connectivity index (χ2v) is 5.05. The normalized spacial score (nSPS) is 29.9. The summed E-state index contributed by atoms with van der Waals surface area (Å²) < 4.78 is 6.01. The van der Waals surface area contributed by atoms with Crippen molar-refractivity contribution < 1.29 is 4.74 Å². The van der Waals surface area contributed by atoms with Gasteiger partial charge in [0.1, 0.15) is 11.4 Å². The van der Waals surface area contributed by atoms with Crippen LogP contribution in [0.3, 0.4) is 0 Å². The van der Waals surface area contributed by atoms with E-state index in [4.69, 9.17) is 16.3 Å². The first-order valence-electron chi connectivity index (χ1n) is 5.15. The van der Waals surface area contributed by atoms with Gasteiger partial charge in [-0.3, -0.25) is 0 Å². The third kappa shape index (κ3) is 1.23. The zero-order chi connectivity index (χ0) is 9.76. The molecule has 0 aromatic heterocycles. The van der Waals surface area contributed by atoms with E-state index in [1.54, 1.807) is 0 Å². The molecule has 1 heterocycles. The molecule has 1 unspecified atom stereocenters. The smallest absolute Gasteiger partial charge is 0.124 e. The van der Waals surface area contributed by atoms with Gasteiger partial charge in [-0.15, -0.1) is 0 Å². The molecule has 1 fully saturated rings. The predicted octanol–water partition coefficient (Wildman–Crippen LogP) is 3.44. The van der Waals surface area contributed by atoms with Crippen molar-refractivity contribution in [1.82, 2.24) is 0 Å². The van der Waals surface area contributed by atoms with Crippen LogP contribution in [0.15, 0.2) is 18.2 Å². The molecule has 1 aromatic rings. The predicted molar refractivity (Wildman–Crippen MR) is 56.9 cm³/mol. The highest BCUT2D eigenvalue weighted by atomic mass is 35.5. The fraction of sp³-hybridized carbons (Fsp3) is 0.500. The molecule has 2 heteroatoms. The highest BCUT2D eigenvalue weighted by Gasteiger charge is 2.47. The second-order valence-electron chi connectivity index (χ2n) is 4.62. The lowest BCUT2D eigenvalue weighted by Crippen LogP contribution is -2.32. The van der Waals surface area contributed by atoms with E-state index in [-0.39, 0.29) is 5.60 Å². The minimum Gasteiger partial charge on any atom is -0.487 e. The summed E-state index contributed by atoms with van der Waals surface area (Å²) >= 11 is 5.93. The van der Waals surface area contributed by atoms with Gasteiger partial charge < -0.3 is 4.74 Å². The summed E-state index contributed by atoms with van der Waals surface area (Å²) in [5, 5.41) is 0.767. The summed E-state index contributed by atoms with van der Waals surface area (Å²) in [6, 6.07) is 5.97. The number of ether oxygens (including phenoxy) is 1. The van der Waals surface area contributed by atoms with Crippen molar-refractivity contribution >= 4 is 11.6 Å². The van der Waals surface area contributed by atoms with Crippen LogP contribution in [0.1, 0.15) is 25.3 Å². The number of hydrogen-bond donors (Lipinski definition) is 0. The van der Waals surface area contributed by atoms with Crippen LogP contribution in [0.25, 0.3) is 0 Å². The number of benzene rings is 1. The molecular formula is C12H13ClO. The molecule has 1 aliphatic carbocycles. The van der Waals surface area contributed by atoms with E-state index in [0.29, 0.717) is 0 Å². The molecule has 1 atom stereocenters. The molecule has 74 valence electrons. The van der Waals surface area contributed by atoms with Crippen molar-refractivity contribution in [2.45, 2.75) is 31.8 Å². The SMILES string of the molecule is CC1(C2CC2)Cc2ccc(Cl)cc2O1. The van der Waals surface area contributed by atoms with Crippen LogP contribution in [0.2, 0.25) is 5.02 Å². The minimum absolute atomic E-state index is 0.0486. The Morgan fingerprint density at radius 1 is 1.43 bits per heavy atom. The summed E-state index contributed by atoms with van der Waals surface area (Å²) in [5.41, 5.74) is 1.36. The van der Waals surface area contributed by atoms with Gasteiger partial charge in [0, 0.05) is 11.4 Å².